The predicted octanol–water partition coefficient (Wildman–Crippen LogP) is 2.16. The Bertz CT molecular complexity index is 742. The summed E-state index contributed by atoms with van der Waals surface area (Å²) in [5.74, 6) is -0.251. The van der Waals surface area contributed by atoms with Crippen molar-refractivity contribution in [1.29, 1.82) is 15.8 Å². The molecule has 0 bridgehead atoms. The molecule has 2 aromatic rings. The maximum atomic E-state index is 9.90. The highest BCUT2D eigenvalue weighted by atomic mass is 16.3. The Kier molecular flexibility index (Phi) is 2.37. The number of phenolic OH excluding ortho intramolecular Hbond substituents is 1. The Morgan fingerprint density at radius 2 is 1.53 bits per heavy atom. The molecule has 78 valence electrons. The Balaban J connectivity index is 3.10. The first-order chi connectivity index (χ1) is 8.22. The van der Waals surface area contributed by atoms with Crippen molar-refractivity contribution in [2.45, 2.75) is 0 Å². The van der Waals surface area contributed by atoms with Crippen molar-refractivity contribution in [3.05, 3.63) is 41.0 Å². The third kappa shape index (κ3) is 1.44. The average Bonchev–Trinajstić information content (AvgIpc) is 2.38. The van der Waals surface area contributed by atoms with E-state index in [9.17, 15) is 5.11 Å². The fourth-order valence-corrected chi connectivity index (χ4v) is 1.73. The molecule has 0 aliphatic carbocycles. The maximum Gasteiger partial charge on any atom is 0.142 e. The molecule has 2 rings (SSSR count). The van der Waals surface area contributed by atoms with E-state index in [1.165, 1.54) is 12.1 Å². The van der Waals surface area contributed by atoms with Gasteiger partial charge in [0.1, 0.15) is 11.8 Å². The second-order valence-corrected chi connectivity index (χ2v) is 3.38. The summed E-state index contributed by atoms with van der Waals surface area (Å²) >= 11 is 0. The van der Waals surface area contributed by atoms with Crippen LogP contribution < -0.4 is 0 Å². The summed E-state index contributed by atoms with van der Waals surface area (Å²) < 4.78 is 0. The van der Waals surface area contributed by atoms with Crippen LogP contribution in [0.2, 0.25) is 0 Å². The molecule has 0 heterocycles. The van der Waals surface area contributed by atoms with E-state index in [2.05, 4.69) is 0 Å². The summed E-state index contributed by atoms with van der Waals surface area (Å²) in [7, 11) is 0. The zero-order valence-corrected chi connectivity index (χ0v) is 8.60. The van der Waals surface area contributed by atoms with Crippen molar-refractivity contribution < 1.29 is 5.11 Å². The summed E-state index contributed by atoms with van der Waals surface area (Å²) in [4.78, 5) is 0. The summed E-state index contributed by atoms with van der Waals surface area (Å²) in [5, 5.41) is 37.4. The lowest BCUT2D eigenvalue weighted by atomic mass is 9.97. The van der Waals surface area contributed by atoms with E-state index in [0.717, 1.165) is 0 Å². The van der Waals surface area contributed by atoms with Gasteiger partial charge in [-0.2, -0.15) is 15.8 Å². The molecule has 2 aromatic carbocycles. The van der Waals surface area contributed by atoms with Gasteiger partial charge >= 0.3 is 0 Å². The average molecular weight is 219 g/mol. The molecule has 0 unspecified atom stereocenters. The molecular weight excluding hydrogens is 214 g/mol. The van der Waals surface area contributed by atoms with Gasteiger partial charge < -0.3 is 5.11 Å². The van der Waals surface area contributed by atoms with Gasteiger partial charge in [-0.25, -0.2) is 0 Å². The number of aromatic hydroxyl groups is 1. The minimum atomic E-state index is -0.251. The highest BCUT2D eigenvalue weighted by molar-refractivity contribution is 5.98. The van der Waals surface area contributed by atoms with Crippen molar-refractivity contribution in [3.63, 3.8) is 0 Å². The molecule has 17 heavy (non-hydrogen) atoms. The first-order valence-corrected chi connectivity index (χ1v) is 4.72. The normalized spacial score (nSPS) is 9.24. The van der Waals surface area contributed by atoms with Gasteiger partial charge in [0.05, 0.1) is 28.8 Å². The highest BCUT2D eigenvalue weighted by Crippen LogP contribution is 2.33. The number of hydrogen-bond donors (Lipinski definition) is 1. The monoisotopic (exact) mass is 219 g/mol. The Morgan fingerprint density at radius 3 is 2.12 bits per heavy atom. The van der Waals surface area contributed by atoms with Crippen LogP contribution in [0, 0.1) is 34.0 Å². The number of fused-ring (bicyclic) bond motifs is 1. The Hall–Kier alpha value is -3.03. The van der Waals surface area contributed by atoms with Crippen LogP contribution in [-0.4, -0.2) is 5.11 Å². The third-order valence-electron chi connectivity index (χ3n) is 2.50. The summed E-state index contributed by atoms with van der Waals surface area (Å²) in [6.45, 7) is 0. The molecule has 4 heteroatoms. The van der Waals surface area contributed by atoms with Gasteiger partial charge in [-0.1, -0.05) is 12.1 Å². The second-order valence-electron chi connectivity index (χ2n) is 3.38. The van der Waals surface area contributed by atoms with Gasteiger partial charge in [-0.3, -0.25) is 0 Å². The molecule has 0 aliphatic heterocycles. The van der Waals surface area contributed by atoms with E-state index in [1.54, 1.807) is 18.2 Å². The molecule has 0 saturated heterocycles. The van der Waals surface area contributed by atoms with E-state index < -0.39 is 0 Å². The largest absolute Gasteiger partial charge is 0.506 e. The quantitative estimate of drug-likeness (QED) is 0.734. The topological polar surface area (TPSA) is 91.6 Å². The first kappa shape index (κ1) is 10.5. The highest BCUT2D eigenvalue weighted by Gasteiger charge is 2.14. The van der Waals surface area contributed by atoms with E-state index in [4.69, 9.17) is 15.8 Å². The summed E-state index contributed by atoms with van der Waals surface area (Å²) in [5.41, 5.74) is 0.511. The SMILES string of the molecule is N#Cc1cc(C#N)c2cccc(C#N)c2c1O. The standard InChI is InChI=1S/C13H5N3O/c14-5-8-2-1-3-11-9(6-15)4-10(7-16)13(17)12(8)11/h1-4,17H. The predicted molar refractivity (Wildman–Crippen MR) is 59.8 cm³/mol. The first-order valence-electron chi connectivity index (χ1n) is 4.72. The number of phenols is 1. The van der Waals surface area contributed by atoms with Gasteiger partial charge in [0.2, 0.25) is 0 Å². The van der Waals surface area contributed by atoms with Crippen LogP contribution in [0.5, 0.6) is 5.75 Å². The molecule has 4 nitrogen and oxygen atoms in total. The maximum absolute atomic E-state index is 9.90. The molecule has 0 aliphatic rings. The number of hydrogen-bond acceptors (Lipinski definition) is 4. The Labute approximate surface area is 97.2 Å². The van der Waals surface area contributed by atoms with Crippen molar-refractivity contribution in [2.75, 3.05) is 0 Å². The Morgan fingerprint density at radius 1 is 0.882 bits per heavy atom. The second kappa shape index (κ2) is 3.85. The molecule has 0 aromatic heterocycles. The van der Waals surface area contributed by atoms with Gasteiger partial charge in [-0.05, 0) is 12.1 Å². The van der Waals surface area contributed by atoms with Crippen molar-refractivity contribution >= 4 is 10.8 Å². The molecule has 0 saturated carbocycles. The molecule has 0 spiro atoms. The number of nitriles is 3. The lowest BCUT2D eigenvalue weighted by molar-refractivity contribution is 0.480. The minimum absolute atomic E-state index is 0.00301. The smallest absolute Gasteiger partial charge is 0.142 e. The van der Waals surface area contributed by atoms with Gasteiger partial charge in [0.25, 0.3) is 0 Å². The van der Waals surface area contributed by atoms with E-state index >= 15 is 0 Å². The van der Waals surface area contributed by atoms with Crippen LogP contribution in [0.1, 0.15) is 16.7 Å². The van der Waals surface area contributed by atoms with Crippen LogP contribution in [0.25, 0.3) is 10.8 Å². The van der Waals surface area contributed by atoms with E-state index in [1.807, 2.05) is 12.1 Å². The molecule has 0 amide bonds. The van der Waals surface area contributed by atoms with Gasteiger partial charge in [-0.15, -0.1) is 0 Å². The number of benzene rings is 2. The zero-order chi connectivity index (χ0) is 12.4. The van der Waals surface area contributed by atoms with E-state index in [0.29, 0.717) is 5.39 Å². The number of rotatable bonds is 0. The van der Waals surface area contributed by atoms with Crippen molar-refractivity contribution in [3.8, 4) is 24.0 Å². The van der Waals surface area contributed by atoms with Gasteiger partial charge in [0, 0.05) is 10.8 Å². The lowest BCUT2D eigenvalue weighted by Gasteiger charge is -2.06. The third-order valence-corrected chi connectivity index (χ3v) is 2.50. The summed E-state index contributed by atoms with van der Waals surface area (Å²) in [6, 6.07) is 11.8. The van der Waals surface area contributed by atoms with Crippen LogP contribution in [0.15, 0.2) is 24.3 Å². The molecule has 0 fully saturated rings. The minimum Gasteiger partial charge on any atom is -0.506 e. The lowest BCUT2D eigenvalue weighted by Crippen LogP contribution is -1.88. The van der Waals surface area contributed by atoms with Crippen LogP contribution in [0.4, 0.5) is 0 Å². The van der Waals surface area contributed by atoms with Gasteiger partial charge in [0.15, 0.2) is 0 Å². The van der Waals surface area contributed by atoms with Crippen molar-refractivity contribution in [1.82, 2.24) is 0 Å². The molecule has 1 N–H and O–H groups in total. The van der Waals surface area contributed by atoms with Crippen LogP contribution >= 0.6 is 0 Å². The van der Waals surface area contributed by atoms with E-state index in [-0.39, 0.29) is 27.8 Å². The zero-order valence-electron chi connectivity index (χ0n) is 8.60. The number of nitrogens with zero attached hydrogens (tertiary/aromatic N) is 3. The van der Waals surface area contributed by atoms with Crippen LogP contribution in [-0.2, 0) is 0 Å². The molecule has 0 radical (unpaired) electrons. The van der Waals surface area contributed by atoms with Crippen LogP contribution in [0.3, 0.4) is 0 Å². The fourth-order valence-electron chi connectivity index (χ4n) is 1.73. The molecule has 0 atom stereocenters. The fraction of sp³-hybridized carbons (Fsp3) is 0. The summed E-state index contributed by atoms with van der Waals surface area (Å²) in [6.07, 6.45) is 0. The van der Waals surface area contributed by atoms with Crippen molar-refractivity contribution in [2.24, 2.45) is 0 Å². The molecular formula is C13H5N3O.